The molecule has 194 valence electrons. The van der Waals surface area contributed by atoms with E-state index in [1.165, 1.54) is 30.3 Å². The molecule has 0 spiro atoms. The first-order valence-electron chi connectivity index (χ1n) is 11.8. The van der Waals surface area contributed by atoms with E-state index in [4.69, 9.17) is 0 Å². The molecule has 1 aliphatic heterocycles. The summed E-state index contributed by atoms with van der Waals surface area (Å²) >= 11 is 0. The SMILES string of the molecule is Cc1cc(C)nc(NS(=O)(=O)c2ccc(NC(=O)c3ccc(N4CCC(C)CC4)c([N+](=O)[O-])c3)cc2)n1. The van der Waals surface area contributed by atoms with Crippen molar-refractivity contribution in [3.8, 4) is 0 Å². The van der Waals surface area contributed by atoms with Gasteiger partial charge in [0.25, 0.3) is 21.6 Å². The summed E-state index contributed by atoms with van der Waals surface area (Å²) in [5, 5.41) is 14.4. The number of amides is 1. The number of nitro groups is 1. The van der Waals surface area contributed by atoms with E-state index >= 15 is 0 Å². The molecule has 0 aliphatic carbocycles. The summed E-state index contributed by atoms with van der Waals surface area (Å²) < 4.78 is 27.8. The number of hydrogen-bond donors (Lipinski definition) is 2. The van der Waals surface area contributed by atoms with Crippen LogP contribution in [0.3, 0.4) is 0 Å². The normalized spacial score (nSPS) is 14.3. The first-order valence-corrected chi connectivity index (χ1v) is 13.3. The van der Waals surface area contributed by atoms with Gasteiger partial charge in [0.2, 0.25) is 5.95 Å². The maximum atomic E-state index is 12.8. The highest BCUT2D eigenvalue weighted by molar-refractivity contribution is 7.92. The Morgan fingerprint density at radius 1 is 1.03 bits per heavy atom. The lowest BCUT2D eigenvalue weighted by atomic mass is 9.98. The van der Waals surface area contributed by atoms with Crippen LogP contribution < -0.4 is 14.9 Å². The summed E-state index contributed by atoms with van der Waals surface area (Å²) in [4.78, 5) is 34.2. The van der Waals surface area contributed by atoms with Crippen molar-refractivity contribution in [2.24, 2.45) is 5.92 Å². The molecule has 1 amide bonds. The highest BCUT2D eigenvalue weighted by Gasteiger charge is 2.25. The van der Waals surface area contributed by atoms with Gasteiger partial charge in [0.15, 0.2) is 0 Å². The van der Waals surface area contributed by atoms with E-state index in [0.29, 0.717) is 28.7 Å². The smallest absolute Gasteiger partial charge is 0.293 e. The van der Waals surface area contributed by atoms with Gasteiger partial charge in [0, 0.05) is 41.8 Å². The molecule has 0 saturated carbocycles. The minimum atomic E-state index is -3.95. The Morgan fingerprint density at radius 3 is 2.24 bits per heavy atom. The van der Waals surface area contributed by atoms with Crippen LogP contribution in [0.25, 0.3) is 0 Å². The van der Waals surface area contributed by atoms with Gasteiger partial charge in [0.1, 0.15) is 5.69 Å². The molecule has 1 aliphatic rings. The van der Waals surface area contributed by atoms with Crippen LogP contribution >= 0.6 is 0 Å². The summed E-state index contributed by atoms with van der Waals surface area (Å²) in [6, 6.07) is 11.7. The van der Waals surface area contributed by atoms with Crippen LogP contribution in [0.15, 0.2) is 53.4 Å². The van der Waals surface area contributed by atoms with Crippen molar-refractivity contribution < 1.29 is 18.1 Å². The fraction of sp³-hybridized carbons (Fsp3) is 0.320. The van der Waals surface area contributed by atoms with Gasteiger partial charge in [-0.2, -0.15) is 0 Å². The minimum Gasteiger partial charge on any atom is -0.366 e. The van der Waals surface area contributed by atoms with Crippen molar-refractivity contribution in [2.75, 3.05) is 28.0 Å². The molecule has 0 unspecified atom stereocenters. The van der Waals surface area contributed by atoms with Crippen LogP contribution in [-0.4, -0.2) is 42.3 Å². The molecule has 1 aromatic heterocycles. The second-order valence-corrected chi connectivity index (χ2v) is 10.9. The Balaban J connectivity index is 1.48. The molecular formula is C25H28N6O5S. The quantitative estimate of drug-likeness (QED) is 0.344. The Bertz CT molecular complexity index is 1410. The predicted molar refractivity (Wildman–Crippen MR) is 140 cm³/mol. The molecule has 2 N–H and O–H groups in total. The van der Waals surface area contributed by atoms with Crippen molar-refractivity contribution in [1.29, 1.82) is 0 Å². The maximum absolute atomic E-state index is 12.8. The zero-order chi connectivity index (χ0) is 26.7. The van der Waals surface area contributed by atoms with Crippen LogP contribution in [0.5, 0.6) is 0 Å². The van der Waals surface area contributed by atoms with Crippen LogP contribution in [0.1, 0.15) is 41.5 Å². The van der Waals surface area contributed by atoms with E-state index in [2.05, 4.69) is 26.9 Å². The van der Waals surface area contributed by atoms with Crippen LogP contribution in [0.4, 0.5) is 23.0 Å². The maximum Gasteiger partial charge on any atom is 0.293 e. The first-order chi connectivity index (χ1) is 17.5. The van der Waals surface area contributed by atoms with Gasteiger partial charge < -0.3 is 10.2 Å². The van der Waals surface area contributed by atoms with Crippen molar-refractivity contribution in [2.45, 2.75) is 38.5 Å². The van der Waals surface area contributed by atoms with E-state index in [1.54, 1.807) is 32.0 Å². The van der Waals surface area contributed by atoms with Gasteiger partial charge >= 0.3 is 0 Å². The number of benzene rings is 2. The highest BCUT2D eigenvalue weighted by Crippen LogP contribution is 2.32. The van der Waals surface area contributed by atoms with E-state index < -0.39 is 20.9 Å². The van der Waals surface area contributed by atoms with Crippen molar-refractivity contribution >= 4 is 38.9 Å². The van der Waals surface area contributed by atoms with Crippen molar-refractivity contribution in [1.82, 2.24) is 9.97 Å². The van der Waals surface area contributed by atoms with E-state index in [9.17, 15) is 23.3 Å². The molecule has 1 fully saturated rings. The lowest BCUT2D eigenvalue weighted by molar-refractivity contribution is -0.384. The van der Waals surface area contributed by atoms with Gasteiger partial charge in [-0.05, 0) is 75.1 Å². The number of aromatic nitrogens is 2. The molecule has 2 heterocycles. The Labute approximate surface area is 215 Å². The fourth-order valence-corrected chi connectivity index (χ4v) is 5.14. The molecule has 11 nitrogen and oxygen atoms in total. The number of rotatable bonds is 7. The zero-order valence-corrected chi connectivity index (χ0v) is 21.6. The molecular weight excluding hydrogens is 496 g/mol. The predicted octanol–water partition coefficient (Wildman–Crippen LogP) is 4.29. The summed E-state index contributed by atoms with van der Waals surface area (Å²) in [6.07, 6.45) is 1.91. The first kappa shape index (κ1) is 26.0. The van der Waals surface area contributed by atoms with Gasteiger partial charge in [-0.25, -0.2) is 23.1 Å². The number of aryl methyl sites for hydroxylation is 2. The number of nitrogens with one attached hydrogen (secondary N) is 2. The Kier molecular flexibility index (Phi) is 7.39. The summed E-state index contributed by atoms with van der Waals surface area (Å²) in [6.45, 7) is 7.10. The molecule has 2 aromatic carbocycles. The summed E-state index contributed by atoms with van der Waals surface area (Å²) in [7, 11) is -3.95. The Hall–Kier alpha value is -4.06. The van der Waals surface area contributed by atoms with E-state index in [0.717, 1.165) is 25.9 Å². The molecule has 0 bridgehead atoms. The topological polar surface area (TPSA) is 147 Å². The third kappa shape index (κ3) is 6.20. The number of sulfonamides is 1. The number of carbonyl (C=O) groups excluding carboxylic acids is 1. The monoisotopic (exact) mass is 524 g/mol. The van der Waals surface area contributed by atoms with Gasteiger partial charge in [-0.3, -0.25) is 14.9 Å². The average Bonchev–Trinajstić information content (AvgIpc) is 2.83. The third-order valence-electron chi connectivity index (χ3n) is 6.19. The summed E-state index contributed by atoms with van der Waals surface area (Å²) in [5.74, 6) is 0.0100. The van der Waals surface area contributed by atoms with Gasteiger partial charge in [-0.15, -0.1) is 0 Å². The minimum absolute atomic E-state index is 0.0287. The van der Waals surface area contributed by atoms with Gasteiger partial charge in [-0.1, -0.05) is 6.92 Å². The highest BCUT2D eigenvalue weighted by atomic mass is 32.2. The number of hydrogen-bond acceptors (Lipinski definition) is 8. The molecule has 12 heteroatoms. The lowest BCUT2D eigenvalue weighted by Gasteiger charge is -2.31. The zero-order valence-electron chi connectivity index (χ0n) is 20.8. The number of anilines is 3. The van der Waals surface area contributed by atoms with E-state index in [1.807, 2.05) is 4.90 Å². The standard InChI is InChI=1S/C25H28N6O5S/c1-16-10-12-30(13-11-16)22-9-4-19(15-23(22)31(33)34)24(32)28-20-5-7-21(8-6-20)37(35,36)29-25-26-17(2)14-18(3)27-25/h4-9,14-16H,10-13H2,1-3H3,(H,28,32)(H,26,27,29). The lowest BCUT2D eigenvalue weighted by Crippen LogP contribution is -2.33. The molecule has 0 atom stereocenters. The molecule has 0 radical (unpaired) electrons. The molecule has 37 heavy (non-hydrogen) atoms. The van der Waals surface area contributed by atoms with E-state index in [-0.39, 0.29) is 22.1 Å². The van der Waals surface area contributed by atoms with Crippen molar-refractivity contribution in [3.05, 3.63) is 75.6 Å². The third-order valence-corrected chi connectivity index (χ3v) is 7.53. The second-order valence-electron chi connectivity index (χ2n) is 9.19. The fourth-order valence-electron chi connectivity index (χ4n) is 4.20. The molecule has 3 aromatic rings. The molecule has 4 rings (SSSR count). The summed E-state index contributed by atoms with van der Waals surface area (Å²) in [5.41, 5.74) is 2.10. The molecule has 1 saturated heterocycles. The van der Waals surface area contributed by atoms with Gasteiger partial charge in [0.05, 0.1) is 9.82 Å². The van der Waals surface area contributed by atoms with Crippen molar-refractivity contribution in [3.63, 3.8) is 0 Å². The number of carbonyl (C=O) groups is 1. The Morgan fingerprint density at radius 2 is 1.65 bits per heavy atom. The second kappa shape index (κ2) is 10.5. The number of piperidine rings is 1. The van der Waals surface area contributed by atoms with Crippen LogP contribution in [-0.2, 0) is 10.0 Å². The average molecular weight is 525 g/mol. The largest absolute Gasteiger partial charge is 0.366 e. The van der Waals surface area contributed by atoms with Crippen LogP contribution in [0.2, 0.25) is 0 Å². The number of nitrogens with zero attached hydrogens (tertiary/aromatic N) is 4. The van der Waals surface area contributed by atoms with Crippen LogP contribution in [0, 0.1) is 29.9 Å². The number of nitro benzene ring substituents is 1.